The van der Waals surface area contributed by atoms with Crippen LogP contribution >= 0.6 is 0 Å². The van der Waals surface area contributed by atoms with E-state index in [2.05, 4.69) is 29.0 Å². The van der Waals surface area contributed by atoms with Crippen LogP contribution in [0.3, 0.4) is 0 Å². The van der Waals surface area contributed by atoms with Crippen molar-refractivity contribution in [2.75, 3.05) is 7.11 Å². The summed E-state index contributed by atoms with van der Waals surface area (Å²) >= 11 is 0. The van der Waals surface area contributed by atoms with Gasteiger partial charge in [-0.3, -0.25) is 0 Å². The van der Waals surface area contributed by atoms with Gasteiger partial charge in [0.2, 0.25) is 0 Å². The molecule has 0 aliphatic heterocycles. The van der Waals surface area contributed by atoms with Gasteiger partial charge in [-0.2, -0.15) is 0 Å². The molecule has 20 heavy (non-hydrogen) atoms. The second-order valence-corrected chi connectivity index (χ2v) is 4.23. The number of aromatic nitrogens is 1. The average Bonchev–Trinajstić information content (AvgIpc) is 2.53. The molecule has 0 spiro atoms. The molecule has 2 heteroatoms. The molecule has 1 heterocycles. The van der Waals surface area contributed by atoms with Crippen molar-refractivity contribution in [2.24, 2.45) is 0 Å². The Labute approximate surface area is 120 Å². The van der Waals surface area contributed by atoms with E-state index in [0.717, 1.165) is 23.2 Å². The molecule has 0 fully saturated rings. The normalized spacial score (nSPS) is 10.6. The number of pyridine rings is 1. The number of benzene rings is 1. The summed E-state index contributed by atoms with van der Waals surface area (Å²) in [4.78, 5) is 4.37. The maximum atomic E-state index is 5.17. The number of allylic oxidation sites excluding steroid dienone is 2. The molecule has 0 N–H and O–H groups in total. The van der Waals surface area contributed by atoms with Crippen molar-refractivity contribution in [1.82, 2.24) is 4.98 Å². The molecule has 0 saturated heterocycles. The Kier molecular flexibility index (Phi) is 4.97. The lowest BCUT2D eigenvalue weighted by Gasteiger charge is -2.00. The van der Waals surface area contributed by atoms with Gasteiger partial charge in [-0.25, -0.2) is 4.98 Å². The highest BCUT2D eigenvalue weighted by atomic mass is 16.5. The van der Waals surface area contributed by atoms with Crippen molar-refractivity contribution >= 4 is 0 Å². The quantitative estimate of drug-likeness (QED) is 0.616. The minimum Gasteiger partial charge on any atom is -0.489 e. The Morgan fingerprint density at radius 1 is 1.15 bits per heavy atom. The molecule has 0 unspecified atom stereocenters. The predicted octanol–water partition coefficient (Wildman–Crippen LogP) is 4.04. The van der Waals surface area contributed by atoms with E-state index in [-0.39, 0.29) is 0 Å². The van der Waals surface area contributed by atoms with Crippen molar-refractivity contribution in [1.29, 1.82) is 0 Å². The molecule has 1 aromatic carbocycles. The first-order valence-electron chi connectivity index (χ1n) is 6.61. The van der Waals surface area contributed by atoms with Gasteiger partial charge in [-0.1, -0.05) is 43.3 Å². The van der Waals surface area contributed by atoms with Crippen molar-refractivity contribution in [3.05, 3.63) is 66.2 Å². The largest absolute Gasteiger partial charge is 0.489 e. The number of rotatable bonds is 3. The van der Waals surface area contributed by atoms with E-state index in [1.165, 1.54) is 0 Å². The van der Waals surface area contributed by atoms with Crippen LogP contribution in [0.5, 0.6) is 0 Å². The van der Waals surface area contributed by atoms with Crippen LogP contribution in [0.1, 0.15) is 19.0 Å². The van der Waals surface area contributed by atoms with Gasteiger partial charge in [0.05, 0.1) is 7.11 Å². The monoisotopic (exact) mass is 263 g/mol. The van der Waals surface area contributed by atoms with Crippen LogP contribution in [0.15, 0.2) is 60.5 Å². The number of hydrogen-bond donors (Lipinski definition) is 0. The van der Waals surface area contributed by atoms with E-state index in [0.29, 0.717) is 5.76 Å². The SMILES string of the molecule is CC/C=C(\C#Cc1ccc(-c2ccccc2)cn1)OC. The molecule has 0 bridgehead atoms. The Morgan fingerprint density at radius 2 is 1.95 bits per heavy atom. The van der Waals surface area contributed by atoms with Gasteiger partial charge < -0.3 is 4.74 Å². The molecule has 1 aromatic heterocycles. The lowest BCUT2D eigenvalue weighted by molar-refractivity contribution is 0.309. The van der Waals surface area contributed by atoms with Gasteiger partial charge >= 0.3 is 0 Å². The molecular formula is C18H17NO. The van der Waals surface area contributed by atoms with Crippen LogP contribution < -0.4 is 0 Å². The van der Waals surface area contributed by atoms with Gasteiger partial charge in [-0.15, -0.1) is 0 Å². The van der Waals surface area contributed by atoms with Crippen LogP contribution in [-0.2, 0) is 4.74 Å². The molecule has 100 valence electrons. The van der Waals surface area contributed by atoms with Crippen LogP contribution in [0, 0.1) is 11.8 Å². The Morgan fingerprint density at radius 3 is 2.55 bits per heavy atom. The molecule has 0 aliphatic carbocycles. The summed E-state index contributed by atoms with van der Waals surface area (Å²) in [6.45, 7) is 2.05. The third-order valence-corrected chi connectivity index (χ3v) is 2.79. The van der Waals surface area contributed by atoms with Gasteiger partial charge in [0, 0.05) is 11.8 Å². The zero-order valence-corrected chi connectivity index (χ0v) is 11.8. The zero-order chi connectivity index (χ0) is 14.2. The molecule has 0 saturated carbocycles. The van der Waals surface area contributed by atoms with Crippen LogP contribution in [0.2, 0.25) is 0 Å². The van der Waals surface area contributed by atoms with E-state index < -0.39 is 0 Å². The standard InChI is InChI=1S/C18H17NO/c1-3-7-18(20-2)13-12-17-11-10-16(14-19-17)15-8-5-4-6-9-15/h4-11,14H,3H2,1-2H3/b18-7+. The summed E-state index contributed by atoms with van der Waals surface area (Å²) < 4.78 is 5.17. The van der Waals surface area contributed by atoms with Gasteiger partial charge in [0.15, 0.2) is 5.76 Å². The molecule has 0 amide bonds. The van der Waals surface area contributed by atoms with Crippen molar-refractivity contribution in [3.8, 4) is 23.0 Å². The van der Waals surface area contributed by atoms with Crippen LogP contribution in [0.25, 0.3) is 11.1 Å². The maximum absolute atomic E-state index is 5.17. The first-order valence-corrected chi connectivity index (χ1v) is 6.61. The molecule has 0 radical (unpaired) electrons. The molecule has 0 atom stereocenters. The molecular weight excluding hydrogens is 246 g/mol. The second kappa shape index (κ2) is 7.16. The maximum Gasteiger partial charge on any atom is 0.165 e. The summed E-state index contributed by atoms with van der Waals surface area (Å²) in [5.74, 6) is 6.66. The lowest BCUT2D eigenvalue weighted by atomic mass is 10.1. The highest BCUT2D eigenvalue weighted by Gasteiger charge is 1.97. The van der Waals surface area contributed by atoms with Gasteiger partial charge in [-0.05, 0) is 36.0 Å². The fraction of sp³-hybridized carbons (Fsp3) is 0.167. The first kappa shape index (κ1) is 13.9. The van der Waals surface area contributed by atoms with Crippen molar-refractivity contribution in [3.63, 3.8) is 0 Å². The summed E-state index contributed by atoms with van der Waals surface area (Å²) in [5.41, 5.74) is 2.99. The second-order valence-electron chi connectivity index (χ2n) is 4.23. The number of ether oxygens (including phenoxy) is 1. The van der Waals surface area contributed by atoms with Gasteiger partial charge in [0.1, 0.15) is 5.69 Å². The van der Waals surface area contributed by atoms with E-state index >= 15 is 0 Å². The van der Waals surface area contributed by atoms with Crippen molar-refractivity contribution < 1.29 is 4.74 Å². The fourth-order valence-corrected chi connectivity index (χ4v) is 1.77. The highest BCUT2D eigenvalue weighted by molar-refractivity contribution is 5.62. The minimum absolute atomic E-state index is 0.682. The summed E-state index contributed by atoms with van der Waals surface area (Å²) in [7, 11) is 1.63. The van der Waals surface area contributed by atoms with Crippen LogP contribution in [0.4, 0.5) is 0 Å². The minimum atomic E-state index is 0.682. The smallest absolute Gasteiger partial charge is 0.165 e. The predicted molar refractivity (Wildman–Crippen MR) is 81.9 cm³/mol. The molecule has 0 aliphatic rings. The zero-order valence-electron chi connectivity index (χ0n) is 11.8. The van der Waals surface area contributed by atoms with Gasteiger partial charge in [0.25, 0.3) is 0 Å². The third kappa shape index (κ3) is 3.73. The van der Waals surface area contributed by atoms with E-state index in [9.17, 15) is 0 Å². The van der Waals surface area contributed by atoms with Crippen LogP contribution in [-0.4, -0.2) is 12.1 Å². The summed E-state index contributed by atoms with van der Waals surface area (Å²) in [5, 5.41) is 0. The first-order chi connectivity index (χ1) is 9.83. The molecule has 2 nitrogen and oxygen atoms in total. The molecule has 2 aromatic rings. The highest BCUT2D eigenvalue weighted by Crippen LogP contribution is 2.17. The third-order valence-electron chi connectivity index (χ3n) is 2.79. The fourth-order valence-electron chi connectivity index (χ4n) is 1.77. The van der Waals surface area contributed by atoms with E-state index in [1.807, 2.05) is 49.5 Å². The number of nitrogens with zero attached hydrogens (tertiary/aromatic N) is 1. The average molecular weight is 263 g/mol. The van der Waals surface area contributed by atoms with E-state index in [4.69, 9.17) is 4.74 Å². The lowest BCUT2D eigenvalue weighted by Crippen LogP contribution is -1.86. The Hall–Kier alpha value is -2.53. The summed E-state index contributed by atoms with van der Waals surface area (Å²) in [6, 6.07) is 14.1. The summed E-state index contributed by atoms with van der Waals surface area (Å²) in [6.07, 6.45) is 4.69. The number of methoxy groups -OCH3 is 1. The Balaban J connectivity index is 2.17. The Bertz CT molecular complexity index is 631. The topological polar surface area (TPSA) is 22.1 Å². The van der Waals surface area contributed by atoms with E-state index in [1.54, 1.807) is 7.11 Å². The van der Waals surface area contributed by atoms with Crippen molar-refractivity contribution in [2.45, 2.75) is 13.3 Å². The molecule has 2 rings (SSSR count). The number of hydrogen-bond acceptors (Lipinski definition) is 2.